The minimum atomic E-state index is -4.88. The van der Waals surface area contributed by atoms with Gasteiger partial charge in [0, 0.05) is 37.7 Å². The first kappa shape index (κ1) is 48.1. The fraction of sp³-hybridized carbons (Fsp3) is 0.628. The Kier molecular flexibility index (Phi) is 23.9. The summed E-state index contributed by atoms with van der Waals surface area (Å²) in [4.78, 5) is 49.1. The molecule has 8 nitrogen and oxygen atoms in total. The number of piperidine rings is 1. The van der Waals surface area contributed by atoms with Crippen molar-refractivity contribution in [1.29, 1.82) is 0 Å². The summed E-state index contributed by atoms with van der Waals surface area (Å²) in [7, 11) is 0. The van der Waals surface area contributed by atoms with E-state index in [9.17, 15) is 32.3 Å². The molecule has 1 unspecified atom stereocenters. The topological polar surface area (TPSA) is 105 Å². The van der Waals surface area contributed by atoms with Gasteiger partial charge in [0.25, 0.3) is 5.91 Å². The molecule has 2 fully saturated rings. The highest BCUT2D eigenvalue weighted by Gasteiger charge is 2.32. The first-order chi connectivity index (χ1) is 25.6. The van der Waals surface area contributed by atoms with Crippen LogP contribution in [0.1, 0.15) is 148 Å². The number of Topliss-reactive ketones (excluding diaryl/α,β-unsaturated/α-hetero) is 1. The van der Waals surface area contributed by atoms with Gasteiger partial charge in [0.15, 0.2) is 0 Å². The SMILES string of the molecule is CC(=O)CC(NC(=O)c1cccc(OC(F)(F)F)c1)C(=O)N1CCC(C)CC1.CC1CCCCC1.CCCCCCC.CCc1ccccc1NC(C)=O. The van der Waals surface area contributed by atoms with E-state index in [1.54, 1.807) is 4.90 Å². The van der Waals surface area contributed by atoms with Crippen LogP contribution in [0.25, 0.3) is 0 Å². The fourth-order valence-corrected chi connectivity index (χ4v) is 6.14. The van der Waals surface area contributed by atoms with Crippen molar-refractivity contribution in [1.82, 2.24) is 10.2 Å². The van der Waals surface area contributed by atoms with Crippen LogP contribution in [0.15, 0.2) is 48.5 Å². The number of amides is 3. The Hall–Kier alpha value is -3.89. The van der Waals surface area contributed by atoms with E-state index in [1.165, 1.54) is 95.8 Å². The Morgan fingerprint density at radius 1 is 0.815 bits per heavy atom. The van der Waals surface area contributed by atoms with E-state index >= 15 is 0 Å². The third-order valence-electron chi connectivity index (χ3n) is 9.33. The van der Waals surface area contributed by atoms with E-state index in [1.807, 2.05) is 24.3 Å². The Balaban J connectivity index is 0.000000453. The van der Waals surface area contributed by atoms with Crippen molar-refractivity contribution in [3.05, 3.63) is 59.7 Å². The molecule has 2 aromatic carbocycles. The number of aryl methyl sites for hydroxylation is 1. The van der Waals surface area contributed by atoms with E-state index in [0.717, 1.165) is 43.0 Å². The molecule has 0 spiro atoms. The Morgan fingerprint density at radius 2 is 1.41 bits per heavy atom. The summed E-state index contributed by atoms with van der Waals surface area (Å²) in [6.45, 7) is 14.9. The standard InChI is InChI=1S/C19H23F3N2O4.C10H13NO.C7H14.C7H16/c1-12-6-8-24(9-7-12)18(27)16(10-13(2)25)23-17(26)14-4-3-5-15(11-14)28-19(20,21)22;1-3-9-6-4-5-7-10(9)11-8(2)12;1-7-5-3-2-4-6-7;1-3-5-7-6-4-2/h3-5,11-12,16H,6-10H2,1-2H3,(H,23,26);4-7H,3H2,1-2H3,(H,11,12);7H,2-6H2,1H3;3-7H2,1-2H3. The predicted molar refractivity (Wildman–Crippen MR) is 211 cm³/mol. The molecule has 304 valence electrons. The molecule has 1 atom stereocenters. The van der Waals surface area contributed by atoms with Gasteiger partial charge in [0.2, 0.25) is 11.8 Å². The lowest BCUT2D eigenvalue weighted by molar-refractivity contribution is -0.274. The number of carbonyl (C=O) groups is 4. The highest BCUT2D eigenvalue weighted by atomic mass is 19.4. The molecule has 0 bridgehead atoms. The third-order valence-corrected chi connectivity index (χ3v) is 9.33. The molecule has 4 rings (SSSR count). The molecule has 1 aliphatic heterocycles. The summed E-state index contributed by atoms with van der Waals surface area (Å²) in [5.74, 6) is -0.417. The Labute approximate surface area is 322 Å². The highest BCUT2D eigenvalue weighted by molar-refractivity contribution is 5.99. The number of unbranched alkanes of at least 4 members (excludes halogenated alkanes) is 4. The number of hydrogen-bond donors (Lipinski definition) is 2. The molecule has 1 saturated carbocycles. The summed E-state index contributed by atoms with van der Waals surface area (Å²) >= 11 is 0. The van der Waals surface area contributed by atoms with Crippen LogP contribution in [0.5, 0.6) is 5.75 Å². The number of benzene rings is 2. The maximum absolute atomic E-state index is 12.7. The number of hydrogen-bond acceptors (Lipinski definition) is 5. The van der Waals surface area contributed by atoms with E-state index in [4.69, 9.17) is 0 Å². The van der Waals surface area contributed by atoms with E-state index in [-0.39, 0.29) is 29.6 Å². The van der Waals surface area contributed by atoms with Gasteiger partial charge in [0.05, 0.1) is 0 Å². The molecule has 0 radical (unpaired) electrons. The van der Waals surface area contributed by atoms with Crippen LogP contribution >= 0.6 is 0 Å². The van der Waals surface area contributed by atoms with Crippen molar-refractivity contribution in [2.45, 2.75) is 151 Å². The molecule has 1 heterocycles. The van der Waals surface area contributed by atoms with Gasteiger partial charge < -0.3 is 20.3 Å². The lowest BCUT2D eigenvalue weighted by Gasteiger charge is -2.33. The molecule has 2 N–H and O–H groups in total. The van der Waals surface area contributed by atoms with Crippen molar-refractivity contribution in [2.75, 3.05) is 18.4 Å². The van der Waals surface area contributed by atoms with Gasteiger partial charge >= 0.3 is 6.36 Å². The first-order valence-corrected chi connectivity index (χ1v) is 19.9. The average molecular weight is 762 g/mol. The van der Waals surface area contributed by atoms with Crippen molar-refractivity contribution in [3.63, 3.8) is 0 Å². The molecular weight excluding hydrogens is 695 g/mol. The minimum Gasteiger partial charge on any atom is -0.406 e. The third kappa shape index (κ3) is 21.7. The normalized spacial score (nSPS) is 15.1. The van der Waals surface area contributed by atoms with Gasteiger partial charge in [-0.15, -0.1) is 13.2 Å². The predicted octanol–water partition coefficient (Wildman–Crippen LogP) is 10.7. The van der Waals surface area contributed by atoms with E-state index in [0.29, 0.717) is 19.0 Å². The average Bonchev–Trinajstić information content (AvgIpc) is 3.12. The first-order valence-electron chi connectivity index (χ1n) is 19.9. The zero-order valence-electron chi connectivity index (χ0n) is 33.8. The summed E-state index contributed by atoms with van der Waals surface area (Å²) in [6.07, 6.45) is 12.0. The van der Waals surface area contributed by atoms with Crippen LogP contribution in [-0.2, 0) is 20.8 Å². The molecule has 11 heteroatoms. The fourth-order valence-electron chi connectivity index (χ4n) is 6.14. The van der Waals surface area contributed by atoms with Gasteiger partial charge in [-0.2, -0.15) is 0 Å². The second-order valence-corrected chi connectivity index (χ2v) is 14.5. The molecule has 0 aromatic heterocycles. The number of likely N-dealkylation sites (tertiary alicyclic amines) is 1. The van der Waals surface area contributed by atoms with E-state index < -0.39 is 24.1 Å². The monoisotopic (exact) mass is 761 g/mol. The zero-order valence-corrected chi connectivity index (χ0v) is 33.8. The number of nitrogens with zero attached hydrogens (tertiary/aromatic N) is 1. The summed E-state index contributed by atoms with van der Waals surface area (Å²) < 4.78 is 40.9. The maximum Gasteiger partial charge on any atom is 0.573 e. The number of carbonyl (C=O) groups excluding carboxylic acids is 4. The molecular formula is C43H66F3N3O5. The van der Waals surface area contributed by atoms with Crippen LogP contribution in [-0.4, -0.2) is 53.9 Å². The van der Waals surface area contributed by atoms with Crippen LogP contribution in [0, 0.1) is 11.8 Å². The molecule has 2 aromatic rings. The largest absolute Gasteiger partial charge is 0.573 e. The minimum absolute atomic E-state index is 0.0177. The van der Waals surface area contributed by atoms with Gasteiger partial charge in [-0.1, -0.05) is 123 Å². The van der Waals surface area contributed by atoms with Gasteiger partial charge in [0.1, 0.15) is 17.6 Å². The van der Waals surface area contributed by atoms with Gasteiger partial charge in [-0.05, 0) is 67.9 Å². The van der Waals surface area contributed by atoms with Crippen LogP contribution in [0.3, 0.4) is 0 Å². The number of para-hydroxylation sites is 1. The van der Waals surface area contributed by atoms with Gasteiger partial charge in [-0.25, -0.2) is 0 Å². The number of alkyl halides is 3. The number of anilines is 1. The zero-order chi connectivity index (χ0) is 40.5. The van der Waals surface area contributed by atoms with Crippen molar-refractivity contribution in [2.24, 2.45) is 11.8 Å². The highest BCUT2D eigenvalue weighted by Crippen LogP contribution is 2.24. The number of rotatable bonds is 12. The summed E-state index contributed by atoms with van der Waals surface area (Å²) in [6, 6.07) is 11.3. The number of ether oxygens (including phenoxy) is 1. The van der Waals surface area contributed by atoms with Crippen molar-refractivity contribution in [3.8, 4) is 5.75 Å². The smallest absolute Gasteiger partial charge is 0.406 e. The molecule has 54 heavy (non-hydrogen) atoms. The lowest BCUT2D eigenvalue weighted by atomic mass is 9.91. The molecule has 2 aliphatic rings. The van der Waals surface area contributed by atoms with Crippen molar-refractivity contribution >= 4 is 29.2 Å². The van der Waals surface area contributed by atoms with Crippen molar-refractivity contribution < 1.29 is 37.1 Å². The number of halogens is 3. The quantitative estimate of drug-likeness (QED) is 0.210. The molecule has 1 aliphatic carbocycles. The van der Waals surface area contributed by atoms with Crippen LogP contribution in [0.4, 0.5) is 18.9 Å². The second-order valence-electron chi connectivity index (χ2n) is 14.5. The number of ketones is 1. The van der Waals surface area contributed by atoms with Gasteiger partial charge in [-0.3, -0.25) is 19.2 Å². The van der Waals surface area contributed by atoms with E-state index in [2.05, 4.69) is 50.0 Å². The Morgan fingerprint density at radius 3 is 1.91 bits per heavy atom. The van der Waals surface area contributed by atoms with Crippen LogP contribution in [0.2, 0.25) is 0 Å². The summed E-state index contributed by atoms with van der Waals surface area (Å²) in [5.41, 5.74) is 2.00. The molecule has 1 saturated heterocycles. The van der Waals surface area contributed by atoms with Crippen LogP contribution < -0.4 is 15.4 Å². The summed E-state index contributed by atoms with van der Waals surface area (Å²) in [5, 5.41) is 5.26. The lowest BCUT2D eigenvalue weighted by Crippen LogP contribution is -2.51. The molecule has 3 amide bonds. The number of nitrogens with one attached hydrogen (secondary N) is 2. The Bertz CT molecular complexity index is 1380. The maximum atomic E-state index is 12.7. The second kappa shape index (κ2) is 26.8.